The zero-order valence-electron chi connectivity index (χ0n) is 9.19. The van der Waals surface area contributed by atoms with E-state index >= 15 is 0 Å². The van der Waals surface area contributed by atoms with E-state index in [9.17, 15) is 0 Å². The lowest BCUT2D eigenvalue weighted by molar-refractivity contribution is 0.540. The third kappa shape index (κ3) is 9.74. The monoisotopic (exact) mass is 168 g/mol. The van der Waals surface area contributed by atoms with Gasteiger partial charge in [0.15, 0.2) is 0 Å². The van der Waals surface area contributed by atoms with Crippen molar-refractivity contribution >= 4 is 0 Å². The van der Waals surface area contributed by atoms with E-state index in [2.05, 4.69) is 39.8 Å². The second kappa shape index (κ2) is 6.28. The molecule has 0 rings (SSSR count). The number of hydrogen-bond donors (Lipinski definition) is 0. The smallest absolute Gasteiger partial charge is 0.0203 e. The Bertz CT molecular complexity index is 114. The summed E-state index contributed by atoms with van der Waals surface area (Å²) >= 11 is 0. The Balaban J connectivity index is 3.25. The minimum Gasteiger partial charge on any atom is -0.0880 e. The lowest BCUT2D eigenvalue weighted by Gasteiger charge is -2.10. The number of allylic oxidation sites excluding steroid dienone is 2. The molecule has 0 aromatic carbocycles. The summed E-state index contributed by atoms with van der Waals surface area (Å²) in [4.78, 5) is 0. The van der Waals surface area contributed by atoms with Crippen LogP contribution < -0.4 is 0 Å². The maximum absolute atomic E-state index is 2.33. The van der Waals surface area contributed by atoms with Crippen LogP contribution in [0.1, 0.15) is 59.8 Å². The van der Waals surface area contributed by atoms with Gasteiger partial charge in [0, 0.05) is 0 Å². The fourth-order valence-electron chi connectivity index (χ4n) is 1.13. The quantitative estimate of drug-likeness (QED) is 0.417. The SMILES string of the molecule is CCCCCC/C=C\C(C)(C)C. The fourth-order valence-corrected chi connectivity index (χ4v) is 1.13. The van der Waals surface area contributed by atoms with Gasteiger partial charge in [-0.2, -0.15) is 0 Å². The highest BCUT2D eigenvalue weighted by Crippen LogP contribution is 2.15. The Hall–Kier alpha value is -0.260. The lowest BCUT2D eigenvalue weighted by atomic mass is 9.96. The molecular weight excluding hydrogens is 144 g/mol. The molecule has 0 saturated carbocycles. The zero-order chi connectivity index (χ0) is 9.45. The lowest BCUT2D eigenvalue weighted by Crippen LogP contribution is -1.97. The molecule has 0 aliphatic carbocycles. The van der Waals surface area contributed by atoms with Gasteiger partial charge in [0.05, 0.1) is 0 Å². The van der Waals surface area contributed by atoms with E-state index in [0.717, 1.165) is 0 Å². The van der Waals surface area contributed by atoms with Crippen LogP contribution in [0, 0.1) is 5.41 Å². The van der Waals surface area contributed by atoms with Gasteiger partial charge in [0.2, 0.25) is 0 Å². The Labute approximate surface area is 78.1 Å². The highest BCUT2D eigenvalue weighted by atomic mass is 14.1. The molecule has 72 valence electrons. The van der Waals surface area contributed by atoms with Crippen molar-refractivity contribution in [3.05, 3.63) is 12.2 Å². The summed E-state index contributed by atoms with van der Waals surface area (Å²) in [7, 11) is 0. The van der Waals surface area contributed by atoms with E-state index in [1.54, 1.807) is 0 Å². The van der Waals surface area contributed by atoms with Gasteiger partial charge in [-0.15, -0.1) is 0 Å². The average molecular weight is 168 g/mol. The normalized spacial score (nSPS) is 12.7. The van der Waals surface area contributed by atoms with Crippen LogP contribution in [0.4, 0.5) is 0 Å². The molecule has 0 N–H and O–H groups in total. The Kier molecular flexibility index (Phi) is 6.14. The zero-order valence-corrected chi connectivity index (χ0v) is 9.19. The molecule has 0 saturated heterocycles. The third-order valence-electron chi connectivity index (χ3n) is 1.84. The molecule has 0 radical (unpaired) electrons. The van der Waals surface area contributed by atoms with E-state index in [0.29, 0.717) is 5.41 Å². The van der Waals surface area contributed by atoms with Gasteiger partial charge in [-0.25, -0.2) is 0 Å². The van der Waals surface area contributed by atoms with E-state index in [1.165, 1.54) is 32.1 Å². The number of hydrogen-bond acceptors (Lipinski definition) is 0. The second-order valence-electron chi connectivity index (χ2n) is 4.62. The Morgan fingerprint density at radius 1 is 1.00 bits per heavy atom. The topological polar surface area (TPSA) is 0 Å². The van der Waals surface area contributed by atoms with E-state index in [-0.39, 0.29) is 0 Å². The van der Waals surface area contributed by atoms with E-state index in [1.807, 2.05) is 0 Å². The summed E-state index contributed by atoms with van der Waals surface area (Å²) in [5, 5.41) is 0. The summed E-state index contributed by atoms with van der Waals surface area (Å²) in [6.07, 6.45) is 11.4. The van der Waals surface area contributed by atoms with Crippen molar-refractivity contribution in [2.24, 2.45) is 5.41 Å². The standard InChI is InChI=1S/C12H24/c1-5-6-7-8-9-10-11-12(2,3)4/h10-11H,5-9H2,1-4H3/b11-10-. The highest BCUT2D eigenvalue weighted by molar-refractivity contribution is 4.91. The first-order valence-electron chi connectivity index (χ1n) is 5.24. The van der Waals surface area contributed by atoms with Crippen LogP contribution in [-0.4, -0.2) is 0 Å². The molecule has 0 unspecified atom stereocenters. The van der Waals surface area contributed by atoms with Crippen molar-refractivity contribution in [2.75, 3.05) is 0 Å². The van der Waals surface area contributed by atoms with Crippen LogP contribution in [0.2, 0.25) is 0 Å². The van der Waals surface area contributed by atoms with Crippen LogP contribution in [0.25, 0.3) is 0 Å². The maximum Gasteiger partial charge on any atom is -0.0203 e. The number of unbranched alkanes of at least 4 members (excludes halogenated alkanes) is 4. The summed E-state index contributed by atoms with van der Waals surface area (Å²) in [6.45, 7) is 8.99. The van der Waals surface area contributed by atoms with Crippen LogP contribution in [0.15, 0.2) is 12.2 Å². The molecule has 0 heterocycles. The predicted molar refractivity (Wildman–Crippen MR) is 57.4 cm³/mol. The van der Waals surface area contributed by atoms with Crippen molar-refractivity contribution < 1.29 is 0 Å². The first-order valence-corrected chi connectivity index (χ1v) is 5.24. The number of rotatable bonds is 5. The maximum atomic E-state index is 2.33. The summed E-state index contributed by atoms with van der Waals surface area (Å²) in [5.74, 6) is 0. The molecule has 0 aliphatic rings. The highest BCUT2D eigenvalue weighted by Gasteiger charge is 2.02. The van der Waals surface area contributed by atoms with Gasteiger partial charge < -0.3 is 0 Å². The first kappa shape index (κ1) is 11.7. The van der Waals surface area contributed by atoms with Crippen LogP contribution in [-0.2, 0) is 0 Å². The molecule has 12 heavy (non-hydrogen) atoms. The van der Waals surface area contributed by atoms with Crippen molar-refractivity contribution in [1.29, 1.82) is 0 Å². The van der Waals surface area contributed by atoms with Gasteiger partial charge in [-0.1, -0.05) is 59.1 Å². The van der Waals surface area contributed by atoms with Crippen molar-refractivity contribution in [3.8, 4) is 0 Å². The third-order valence-corrected chi connectivity index (χ3v) is 1.84. The summed E-state index contributed by atoms with van der Waals surface area (Å²) in [5.41, 5.74) is 0.366. The second-order valence-corrected chi connectivity index (χ2v) is 4.62. The largest absolute Gasteiger partial charge is 0.0880 e. The molecule has 0 atom stereocenters. The molecule has 0 nitrogen and oxygen atoms in total. The molecule has 0 amide bonds. The van der Waals surface area contributed by atoms with Crippen LogP contribution >= 0.6 is 0 Å². The first-order chi connectivity index (χ1) is 5.56. The molecule has 0 aromatic rings. The fraction of sp³-hybridized carbons (Fsp3) is 0.833. The Morgan fingerprint density at radius 3 is 2.17 bits per heavy atom. The van der Waals surface area contributed by atoms with Crippen molar-refractivity contribution in [2.45, 2.75) is 59.8 Å². The Morgan fingerprint density at radius 2 is 1.67 bits per heavy atom. The van der Waals surface area contributed by atoms with E-state index in [4.69, 9.17) is 0 Å². The van der Waals surface area contributed by atoms with Gasteiger partial charge in [-0.05, 0) is 18.3 Å². The minimum absolute atomic E-state index is 0.366. The molecule has 0 fully saturated rings. The van der Waals surface area contributed by atoms with Gasteiger partial charge >= 0.3 is 0 Å². The van der Waals surface area contributed by atoms with Crippen LogP contribution in [0.5, 0.6) is 0 Å². The molecule has 0 aromatic heterocycles. The summed E-state index contributed by atoms with van der Waals surface area (Å²) < 4.78 is 0. The van der Waals surface area contributed by atoms with Crippen LogP contribution in [0.3, 0.4) is 0 Å². The molecule has 0 spiro atoms. The van der Waals surface area contributed by atoms with Gasteiger partial charge in [0.25, 0.3) is 0 Å². The average Bonchev–Trinajstić information content (AvgIpc) is 1.94. The van der Waals surface area contributed by atoms with Gasteiger partial charge in [0.1, 0.15) is 0 Å². The minimum atomic E-state index is 0.366. The summed E-state index contributed by atoms with van der Waals surface area (Å²) in [6, 6.07) is 0. The predicted octanol–water partition coefficient (Wildman–Crippen LogP) is 4.56. The van der Waals surface area contributed by atoms with E-state index < -0.39 is 0 Å². The molecule has 0 aliphatic heterocycles. The van der Waals surface area contributed by atoms with Crippen molar-refractivity contribution in [1.82, 2.24) is 0 Å². The molecule has 0 heteroatoms. The van der Waals surface area contributed by atoms with Gasteiger partial charge in [-0.3, -0.25) is 0 Å². The molecular formula is C12H24. The van der Waals surface area contributed by atoms with Crippen molar-refractivity contribution in [3.63, 3.8) is 0 Å². The molecule has 0 bridgehead atoms.